The summed E-state index contributed by atoms with van der Waals surface area (Å²) in [4.78, 5) is 13.9. The normalized spacial score (nSPS) is 8.93. The van der Waals surface area contributed by atoms with Crippen LogP contribution in [0.5, 0.6) is 5.75 Å². The number of ether oxygens (including phenoxy) is 1. The van der Waals surface area contributed by atoms with Crippen molar-refractivity contribution in [3.63, 3.8) is 0 Å². The van der Waals surface area contributed by atoms with Crippen molar-refractivity contribution in [2.75, 3.05) is 7.11 Å². The van der Waals surface area contributed by atoms with Crippen LogP contribution in [0.4, 0.5) is 0 Å². The topological polar surface area (TPSA) is 82.9 Å². The molecule has 0 radical (unpaired) electrons. The summed E-state index contributed by atoms with van der Waals surface area (Å²) in [5, 5.41) is 8.99. The van der Waals surface area contributed by atoms with Gasteiger partial charge < -0.3 is 15.4 Å². The predicted molar refractivity (Wildman–Crippen MR) is 47.9 cm³/mol. The molecule has 1 aromatic carbocycles. The summed E-state index contributed by atoms with van der Waals surface area (Å²) in [7, 11) is 1.19. The number of phenols is 1. The second-order valence-corrected chi connectivity index (χ2v) is 2.49. The highest BCUT2D eigenvalue weighted by Crippen LogP contribution is 2.10. The highest BCUT2D eigenvalue weighted by atomic mass is 16.5. The number of carbonyl (C=O) groups excluding carboxylic acids is 1. The van der Waals surface area contributed by atoms with Crippen LogP contribution in [0.1, 0.15) is 5.56 Å². The van der Waals surface area contributed by atoms with Gasteiger partial charge in [-0.2, -0.15) is 4.79 Å². The Kier molecular flexibility index (Phi) is 2.99. The molecule has 1 rings (SSSR count). The minimum atomic E-state index is -0.738. The highest BCUT2D eigenvalue weighted by Gasteiger charge is 2.22. The second-order valence-electron chi connectivity index (χ2n) is 2.49. The fourth-order valence-corrected chi connectivity index (χ4v) is 0.932. The summed E-state index contributed by atoms with van der Waals surface area (Å²) < 4.78 is 4.40. The van der Waals surface area contributed by atoms with Gasteiger partial charge in [0.15, 0.2) is 0 Å². The second kappa shape index (κ2) is 4.20. The van der Waals surface area contributed by atoms with Gasteiger partial charge in [0, 0.05) is 0 Å². The molecule has 0 aliphatic rings. The molecule has 0 bridgehead atoms. The van der Waals surface area contributed by atoms with Gasteiger partial charge in [-0.15, -0.1) is 0 Å². The van der Waals surface area contributed by atoms with Crippen molar-refractivity contribution in [2.24, 2.45) is 0 Å². The van der Waals surface area contributed by atoms with E-state index in [1.54, 1.807) is 0 Å². The molecule has 0 saturated heterocycles. The molecule has 0 amide bonds. The molecule has 0 saturated carbocycles. The van der Waals surface area contributed by atoms with Gasteiger partial charge in [0.25, 0.3) is 0 Å². The Bertz CT molecular complexity index is 391. The molecule has 1 aromatic rings. The van der Waals surface area contributed by atoms with Crippen LogP contribution >= 0.6 is 0 Å². The fraction of sp³-hybridized carbons (Fsp3) is 0.111. The first-order chi connectivity index (χ1) is 6.69. The fourth-order valence-electron chi connectivity index (χ4n) is 0.932. The van der Waals surface area contributed by atoms with Crippen molar-refractivity contribution in [3.05, 3.63) is 35.4 Å². The number of esters is 1. The number of phenolic OH excluding ortho intramolecular Hbond substituents is 1. The number of hydrogen-bond donors (Lipinski definition) is 1. The number of methoxy groups -OCH3 is 1. The summed E-state index contributed by atoms with van der Waals surface area (Å²) in [5.41, 5.74) is 8.75. The molecule has 14 heavy (non-hydrogen) atoms. The zero-order valence-corrected chi connectivity index (χ0v) is 7.47. The average molecular weight is 192 g/mol. The molecule has 5 nitrogen and oxygen atoms in total. The Morgan fingerprint density at radius 3 is 2.43 bits per heavy atom. The van der Waals surface area contributed by atoms with E-state index in [2.05, 4.69) is 9.53 Å². The van der Waals surface area contributed by atoms with Crippen molar-refractivity contribution in [3.8, 4) is 5.75 Å². The Morgan fingerprint density at radius 1 is 1.43 bits per heavy atom. The predicted octanol–water partition coefficient (Wildman–Crippen LogP) is 0.584. The minimum Gasteiger partial charge on any atom is -0.508 e. The van der Waals surface area contributed by atoms with E-state index in [0.29, 0.717) is 5.56 Å². The molecule has 72 valence electrons. The molecule has 0 atom stereocenters. The molecule has 0 spiro atoms. The summed E-state index contributed by atoms with van der Waals surface area (Å²) in [6.45, 7) is 0. The van der Waals surface area contributed by atoms with Gasteiger partial charge in [-0.3, -0.25) is 0 Å². The Morgan fingerprint density at radius 2 is 2.00 bits per heavy atom. The number of rotatable bonds is 2. The lowest BCUT2D eigenvalue weighted by Gasteiger charge is -1.95. The summed E-state index contributed by atoms with van der Waals surface area (Å²) >= 11 is 0. The maximum Gasteiger partial charge on any atom is 0.422 e. The third-order valence-electron chi connectivity index (χ3n) is 1.62. The van der Waals surface area contributed by atoms with Crippen molar-refractivity contribution >= 4 is 11.7 Å². The molecular formula is C9H8N2O3. The van der Waals surface area contributed by atoms with E-state index in [4.69, 9.17) is 10.6 Å². The number of hydrogen-bond acceptors (Lipinski definition) is 3. The first-order valence-corrected chi connectivity index (χ1v) is 3.79. The molecule has 0 aliphatic heterocycles. The van der Waals surface area contributed by atoms with Crippen LogP contribution in [0, 0.1) is 0 Å². The van der Waals surface area contributed by atoms with Gasteiger partial charge in [-0.05, 0) is 24.3 Å². The van der Waals surface area contributed by atoms with Crippen molar-refractivity contribution in [1.82, 2.24) is 0 Å². The quantitative estimate of drug-likeness (QED) is 0.322. The van der Waals surface area contributed by atoms with Crippen LogP contribution in [-0.4, -0.2) is 28.7 Å². The molecule has 0 unspecified atom stereocenters. The van der Waals surface area contributed by atoms with Gasteiger partial charge in [0.2, 0.25) is 0 Å². The van der Waals surface area contributed by atoms with Crippen molar-refractivity contribution in [1.29, 1.82) is 0 Å². The lowest BCUT2D eigenvalue weighted by molar-refractivity contribution is -0.137. The smallest absolute Gasteiger partial charge is 0.422 e. The molecule has 0 fully saturated rings. The van der Waals surface area contributed by atoms with E-state index >= 15 is 0 Å². The number of carbonyl (C=O) groups is 1. The minimum absolute atomic E-state index is 0.0657. The lowest BCUT2D eigenvalue weighted by atomic mass is 10.1. The van der Waals surface area contributed by atoms with Crippen LogP contribution in [0.3, 0.4) is 0 Å². The van der Waals surface area contributed by atoms with E-state index in [0.717, 1.165) is 0 Å². The summed E-state index contributed by atoms with van der Waals surface area (Å²) in [6, 6.07) is 5.65. The van der Waals surface area contributed by atoms with Crippen LogP contribution in [0.15, 0.2) is 24.3 Å². The van der Waals surface area contributed by atoms with Crippen molar-refractivity contribution < 1.29 is 19.4 Å². The number of nitrogens with zero attached hydrogens (tertiary/aromatic N) is 2. The van der Waals surface area contributed by atoms with Crippen molar-refractivity contribution in [2.45, 2.75) is 0 Å². The zero-order valence-electron chi connectivity index (χ0n) is 7.47. The van der Waals surface area contributed by atoms with E-state index in [9.17, 15) is 4.79 Å². The highest BCUT2D eigenvalue weighted by molar-refractivity contribution is 6.40. The monoisotopic (exact) mass is 192 g/mol. The third-order valence-corrected chi connectivity index (χ3v) is 1.62. The molecule has 1 N–H and O–H groups in total. The molecule has 0 heterocycles. The van der Waals surface area contributed by atoms with Gasteiger partial charge in [-0.25, -0.2) is 4.79 Å². The van der Waals surface area contributed by atoms with Gasteiger partial charge in [0.05, 0.1) is 12.7 Å². The maximum atomic E-state index is 11.1. The van der Waals surface area contributed by atoms with E-state index in [-0.39, 0.29) is 11.5 Å². The number of aromatic hydroxyl groups is 1. The van der Waals surface area contributed by atoms with Gasteiger partial charge >= 0.3 is 11.7 Å². The van der Waals surface area contributed by atoms with Crippen LogP contribution in [0.25, 0.3) is 5.53 Å². The zero-order chi connectivity index (χ0) is 10.6. The summed E-state index contributed by atoms with van der Waals surface area (Å²) in [6.07, 6.45) is 0. The Hall–Kier alpha value is -2.13. The largest absolute Gasteiger partial charge is 0.508 e. The lowest BCUT2D eigenvalue weighted by Crippen LogP contribution is -2.17. The summed E-state index contributed by atoms with van der Waals surface area (Å²) in [5.74, 6) is -0.672. The van der Waals surface area contributed by atoms with Crippen LogP contribution < -0.4 is 0 Å². The molecule has 0 aromatic heterocycles. The standard InChI is InChI=1S/C9H8N2O3/c1-14-9(13)8(11-10)6-2-4-7(12)5-3-6/h2-5,12H,1H3. The SMILES string of the molecule is COC(=O)C(=[N+]=[N-])c1ccc(O)cc1. The molecular weight excluding hydrogens is 184 g/mol. The van der Waals surface area contributed by atoms with E-state index in [1.807, 2.05) is 0 Å². The van der Waals surface area contributed by atoms with Crippen LogP contribution in [0.2, 0.25) is 0 Å². The molecule has 0 aliphatic carbocycles. The Labute approximate surface area is 80.2 Å². The van der Waals surface area contributed by atoms with E-state index < -0.39 is 5.97 Å². The van der Waals surface area contributed by atoms with Gasteiger partial charge in [-0.1, -0.05) is 0 Å². The third kappa shape index (κ3) is 1.97. The van der Waals surface area contributed by atoms with Gasteiger partial charge in [0.1, 0.15) is 5.75 Å². The molecule has 5 heteroatoms. The first kappa shape index (κ1) is 9.95. The van der Waals surface area contributed by atoms with E-state index in [1.165, 1.54) is 31.4 Å². The maximum absolute atomic E-state index is 11.1. The van der Waals surface area contributed by atoms with Crippen LogP contribution in [-0.2, 0) is 9.53 Å². The number of benzene rings is 1. The first-order valence-electron chi connectivity index (χ1n) is 3.79. The Balaban J connectivity index is 3.09. The average Bonchev–Trinajstić information content (AvgIpc) is 2.21.